The normalized spacial score (nSPS) is 25.1. The van der Waals surface area contributed by atoms with Gasteiger partial charge in [-0.3, -0.25) is 19.2 Å². The van der Waals surface area contributed by atoms with Gasteiger partial charge in [0.2, 0.25) is 17.3 Å². The molecular weight excluding hydrogens is 438 g/mol. The fourth-order valence-corrected chi connectivity index (χ4v) is 5.39. The van der Waals surface area contributed by atoms with Crippen LogP contribution in [0.3, 0.4) is 0 Å². The van der Waals surface area contributed by atoms with Crippen LogP contribution in [0.5, 0.6) is 0 Å². The molecule has 2 unspecified atom stereocenters. The molecule has 0 aromatic heterocycles. The second-order valence-corrected chi connectivity index (χ2v) is 7.95. The van der Waals surface area contributed by atoms with Crippen molar-refractivity contribution in [3.8, 4) is 0 Å². The number of halogens is 1. The van der Waals surface area contributed by atoms with Crippen molar-refractivity contribution in [3.63, 3.8) is 0 Å². The third kappa shape index (κ3) is 2.05. The minimum Gasteiger partial charge on any atom is -0.491 e. The number of allylic oxidation sites excluding steroid dienone is 6. The minimum absolute atomic E-state index is 0.0389. The Bertz CT molecular complexity index is 1210. The van der Waals surface area contributed by atoms with E-state index in [9.17, 15) is 19.2 Å². The van der Waals surface area contributed by atoms with Crippen LogP contribution in [0.2, 0.25) is 0 Å². The average molecular weight is 452 g/mol. The number of carbonyl (C=O) groups is 4. The summed E-state index contributed by atoms with van der Waals surface area (Å²) in [5, 5.41) is 2.77. The number of Topliss-reactive ketones (excluding diaryl/α,β-unsaturated/α-hetero) is 3. The molecule has 2 bridgehead atoms. The van der Waals surface area contributed by atoms with Crippen LogP contribution in [0, 0.1) is 0 Å². The SMILES string of the molecule is CNC1=CC(=O)C2=C(C1=O)C1C3=C(C(=O)C(Br)=C(OC)C3=O)C2c2ccccc21. The molecule has 0 amide bonds. The molecule has 0 aliphatic heterocycles. The van der Waals surface area contributed by atoms with Crippen LogP contribution in [0.25, 0.3) is 0 Å². The predicted octanol–water partition coefficient (Wildman–Crippen LogP) is 2.13. The Morgan fingerprint density at radius 1 is 0.862 bits per heavy atom. The van der Waals surface area contributed by atoms with Crippen LogP contribution in [0.4, 0.5) is 0 Å². The van der Waals surface area contributed by atoms with Gasteiger partial charge in [0.1, 0.15) is 4.48 Å². The molecule has 7 heteroatoms. The standard InChI is InChI=1S/C22H14BrNO5/c1-24-10-7-11(25)14-12-8-5-3-4-6-9(8)13(15(14)19(10)26)17-16(12)20(27)18(23)22(29-2)21(17)28/h3-7,12-13,24H,1-2H3. The van der Waals surface area contributed by atoms with Gasteiger partial charge in [-0.1, -0.05) is 24.3 Å². The number of likely N-dealkylation sites (N-methyl/N-ethyl adjacent to an activating group) is 1. The second-order valence-electron chi connectivity index (χ2n) is 7.16. The second kappa shape index (κ2) is 5.97. The number of ketones is 4. The highest BCUT2D eigenvalue weighted by Crippen LogP contribution is 2.59. The number of rotatable bonds is 2. The molecule has 1 aromatic rings. The molecule has 144 valence electrons. The lowest BCUT2D eigenvalue weighted by molar-refractivity contribution is -0.119. The van der Waals surface area contributed by atoms with Crippen molar-refractivity contribution in [2.24, 2.45) is 0 Å². The first-order valence-electron chi connectivity index (χ1n) is 9.00. The lowest BCUT2D eigenvalue weighted by atomic mass is 9.56. The largest absolute Gasteiger partial charge is 0.491 e. The molecule has 0 saturated heterocycles. The van der Waals surface area contributed by atoms with Crippen LogP contribution < -0.4 is 5.32 Å². The van der Waals surface area contributed by atoms with Crippen LogP contribution in [-0.4, -0.2) is 37.3 Å². The van der Waals surface area contributed by atoms with Gasteiger partial charge in [-0.2, -0.15) is 0 Å². The van der Waals surface area contributed by atoms with Crippen molar-refractivity contribution in [1.29, 1.82) is 0 Å². The van der Waals surface area contributed by atoms with E-state index in [1.165, 1.54) is 13.2 Å². The van der Waals surface area contributed by atoms with Gasteiger partial charge in [0.05, 0.1) is 12.8 Å². The number of carbonyl (C=O) groups excluding carboxylic acids is 4. The molecule has 0 saturated carbocycles. The Morgan fingerprint density at radius 3 is 2.00 bits per heavy atom. The highest BCUT2D eigenvalue weighted by Gasteiger charge is 2.55. The summed E-state index contributed by atoms with van der Waals surface area (Å²) >= 11 is 3.19. The molecular formula is C22H14BrNO5. The van der Waals surface area contributed by atoms with E-state index in [1.807, 2.05) is 24.3 Å². The summed E-state index contributed by atoms with van der Waals surface area (Å²) < 4.78 is 5.23. The van der Waals surface area contributed by atoms with Crippen molar-refractivity contribution in [1.82, 2.24) is 5.32 Å². The zero-order valence-corrected chi connectivity index (χ0v) is 17.0. The fraction of sp³-hybridized carbons (Fsp3) is 0.182. The molecule has 0 spiro atoms. The molecule has 5 aliphatic rings. The fourth-order valence-electron chi connectivity index (χ4n) is 4.84. The summed E-state index contributed by atoms with van der Waals surface area (Å²) in [5.74, 6) is -3.10. The number of hydrogen-bond acceptors (Lipinski definition) is 6. The number of nitrogens with one attached hydrogen (secondary N) is 1. The Labute approximate surface area is 174 Å². The number of methoxy groups -OCH3 is 1. The first-order chi connectivity index (χ1) is 13.9. The molecule has 0 radical (unpaired) electrons. The highest BCUT2D eigenvalue weighted by molar-refractivity contribution is 9.12. The molecule has 0 fully saturated rings. The van der Waals surface area contributed by atoms with Gasteiger partial charge in [0.15, 0.2) is 11.5 Å². The Balaban J connectivity index is 1.84. The minimum atomic E-state index is -0.781. The van der Waals surface area contributed by atoms with Crippen molar-refractivity contribution in [3.05, 3.63) is 79.7 Å². The number of hydrogen-bond donors (Lipinski definition) is 1. The van der Waals surface area contributed by atoms with Gasteiger partial charge in [0.25, 0.3) is 0 Å². The Hall–Kier alpha value is -3.06. The van der Waals surface area contributed by atoms with Gasteiger partial charge < -0.3 is 10.1 Å². The Morgan fingerprint density at radius 2 is 1.41 bits per heavy atom. The van der Waals surface area contributed by atoms with Crippen molar-refractivity contribution in [2.75, 3.05) is 14.2 Å². The van der Waals surface area contributed by atoms with E-state index in [1.54, 1.807) is 7.05 Å². The molecule has 1 aromatic carbocycles. The molecule has 6 rings (SSSR count). The number of ether oxygens (including phenoxy) is 1. The molecule has 0 heterocycles. The zero-order valence-electron chi connectivity index (χ0n) is 15.5. The third-order valence-electron chi connectivity index (χ3n) is 5.95. The maximum absolute atomic E-state index is 13.3. The average Bonchev–Trinajstić information content (AvgIpc) is 2.74. The lowest BCUT2D eigenvalue weighted by Crippen LogP contribution is -2.43. The summed E-state index contributed by atoms with van der Waals surface area (Å²) in [6.07, 6.45) is 1.27. The summed E-state index contributed by atoms with van der Waals surface area (Å²) in [6.45, 7) is 0. The molecule has 6 nitrogen and oxygen atoms in total. The lowest BCUT2D eigenvalue weighted by Gasteiger charge is -2.45. The van der Waals surface area contributed by atoms with Crippen molar-refractivity contribution < 1.29 is 23.9 Å². The van der Waals surface area contributed by atoms with Crippen LogP contribution in [-0.2, 0) is 23.9 Å². The summed E-state index contributed by atoms with van der Waals surface area (Å²) in [5.41, 5.74) is 2.78. The van der Waals surface area contributed by atoms with Crippen molar-refractivity contribution in [2.45, 2.75) is 11.8 Å². The monoisotopic (exact) mass is 451 g/mol. The first kappa shape index (κ1) is 18.0. The van der Waals surface area contributed by atoms with E-state index in [2.05, 4.69) is 21.2 Å². The van der Waals surface area contributed by atoms with Gasteiger partial charge in [-0.25, -0.2) is 0 Å². The topological polar surface area (TPSA) is 89.5 Å². The van der Waals surface area contributed by atoms with E-state index >= 15 is 0 Å². The van der Waals surface area contributed by atoms with Gasteiger partial charge in [-0.05, 0) is 27.1 Å². The van der Waals surface area contributed by atoms with E-state index in [0.717, 1.165) is 11.1 Å². The maximum Gasteiger partial charge on any atom is 0.226 e. The highest BCUT2D eigenvalue weighted by atomic mass is 79.9. The molecule has 1 N–H and O–H groups in total. The summed E-state index contributed by atoms with van der Waals surface area (Å²) in [4.78, 5) is 52.7. The zero-order chi connectivity index (χ0) is 20.6. The van der Waals surface area contributed by atoms with E-state index < -0.39 is 23.4 Å². The van der Waals surface area contributed by atoms with E-state index in [0.29, 0.717) is 5.57 Å². The van der Waals surface area contributed by atoms with Crippen LogP contribution in [0.15, 0.2) is 68.6 Å². The van der Waals surface area contributed by atoms with Gasteiger partial charge in [0, 0.05) is 47.3 Å². The first-order valence-corrected chi connectivity index (χ1v) is 9.80. The van der Waals surface area contributed by atoms with Gasteiger partial charge in [-0.15, -0.1) is 0 Å². The summed E-state index contributed by atoms with van der Waals surface area (Å²) in [7, 11) is 2.89. The smallest absolute Gasteiger partial charge is 0.226 e. The third-order valence-corrected chi connectivity index (χ3v) is 6.67. The van der Waals surface area contributed by atoms with Crippen LogP contribution in [0.1, 0.15) is 23.0 Å². The quantitative estimate of drug-likeness (QED) is 0.692. The predicted molar refractivity (Wildman–Crippen MR) is 106 cm³/mol. The van der Waals surface area contributed by atoms with Crippen molar-refractivity contribution >= 4 is 39.1 Å². The van der Waals surface area contributed by atoms with Crippen LogP contribution >= 0.6 is 15.9 Å². The number of benzene rings is 1. The maximum atomic E-state index is 13.3. The van der Waals surface area contributed by atoms with E-state index in [4.69, 9.17) is 4.74 Å². The molecule has 2 atom stereocenters. The molecule has 5 aliphatic carbocycles. The Kier molecular flexibility index (Phi) is 3.70. The van der Waals surface area contributed by atoms with Gasteiger partial charge >= 0.3 is 0 Å². The molecule has 29 heavy (non-hydrogen) atoms. The summed E-state index contributed by atoms with van der Waals surface area (Å²) in [6, 6.07) is 7.33. The van der Waals surface area contributed by atoms with E-state index in [-0.39, 0.29) is 44.2 Å².